The van der Waals surface area contributed by atoms with Gasteiger partial charge < -0.3 is 0 Å². The Labute approximate surface area is 463 Å². The fourth-order valence-corrected chi connectivity index (χ4v) is 15.0. The van der Waals surface area contributed by atoms with E-state index in [0.717, 1.165) is 71.2 Å². The van der Waals surface area contributed by atoms with Crippen molar-refractivity contribution in [2.75, 3.05) is 0 Å². The van der Waals surface area contributed by atoms with Gasteiger partial charge in [-0.3, -0.25) is 0 Å². The lowest BCUT2D eigenvalue weighted by atomic mass is 9.49. The number of thiophene rings is 1. The van der Waals surface area contributed by atoms with Crippen LogP contribution < -0.4 is 0 Å². The first kappa shape index (κ1) is 48.9. The Morgan fingerprint density at radius 3 is 1.76 bits per heavy atom. The van der Waals surface area contributed by atoms with E-state index in [4.69, 9.17) is 41.5 Å². The summed E-state index contributed by atoms with van der Waals surface area (Å²) in [6.07, 6.45) is 0.360. The lowest BCUT2D eigenvalue weighted by Crippen LogP contribution is -2.49. The molecule has 5 unspecified atom stereocenters. The van der Waals surface area contributed by atoms with E-state index < -0.39 is 11.7 Å². The zero-order valence-corrected chi connectivity index (χ0v) is 44.5. The van der Waals surface area contributed by atoms with Crippen molar-refractivity contribution in [3.05, 3.63) is 203 Å². The van der Waals surface area contributed by atoms with Crippen LogP contribution in [0.15, 0.2) is 176 Å². The number of halogens is 4. The SMILES string of the molecule is CC1CC2CC(C)C3(c4ccccc4-c4ccc(-c5c(-c6nc(-c7ccc(Cl)cc7)nc(-c7ccc(C#N)cc7)n6)ccc6c5sc5cccc(-c7nc(-c8ccccc8)nc(-c8ccc(C(F)(F)F)cc8)n7)c56)cc43)C(C1)C2. The average molecular weight is 1070 g/mol. The molecule has 2 saturated carbocycles. The monoisotopic (exact) mass is 1070 g/mol. The first-order valence-corrected chi connectivity index (χ1v) is 27.9. The molecule has 8 aromatic carbocycles. The van der Waals surface area contributed by atoms with Gasteiger partial charge in [0.15, 0.2) is 34.9 Å². The van der Waals surface area contributed by atoms with E-state index in [1.165, 1.54) is 60.1 Å². The Morgan fingerprint density at radius 1 is 0.532 bits per heavy atom. The summed E-state index contributed by atoms with van der Waals surface area (Å²) in [6, 6.07) is 58.1. The van der Waals surface area contributed by atoms with Gasteiger partial charge in [-0.2, -0.15) is 18.4 Å². The van der Waals surface area contributed by atoms with Crippen molar-refractivity contribution in [2.24, 2.45) is 23.7 Å². The number of hydrogen-bond acceptors (Lipinski definition) is 8. The molecule has 3 aliphatic carbocycles. The maximum atomic E-state index is 13.8. The summed E-state index contributed by atoms with van der Waals surface area (Å²) in [4.78, 5) is 30.7. The molecule has 7 nitrogen and oxygen atoms in total. The average Bonchev–Trinajstić information content (AvgIpc) is 2.86. The lowest BCUT2D eigenvalue weighted by molar-refractivity contribution is -0.137. The number of benzene rings is 8. The molecule has 5 atom stereocenters. The van der Waals surface area contributed by atoms with Crippen LogP contribution >= 0.6 is 22.9 Å². The largest absolute Gasteiger partial charge is 0.416 e. The van der Waals surface area contributed by atoms with Crippen molar-refractivity contribution in [1.29, 1.82) is 5.26 Å². The minimum absolute atomic E-state index is 0.174. The normalized spacial score (nSPS) is 19.4. The third-order valence-electron chi connectivity index (χ3n) is 16.9. The van der Waals surface area contributed by atoms with E-state index in [2.05, 4.69) is 80.6 Å². The minimum Gasteiger partial charge on any atom is -0.208 e. The summed E-state index contributed by atoms with van der Waals surface area (Å²) in [5.74, 6) is 4.70. The molecule has 0 saturated heterocycles. The highest BCUT2D eigenvalue weighted by atomic mass is 35.5. The maximum Gasteiger partial charge on any atom is 0.416 e. The van der Waals surface area contributed by atoms with Crippen LogP contribution in [0.2, 0.25) is 5.02 Å². The predicted molar refractivity (Wildman–Crippen MR) is 309 cm³/mol. The number of rotatable bonds is 7. The number of hydrogen-bond donors (Lipinski definition) is 0. The second-order valence-electron chi connectivity index (χ2n) is 21.6. The maximum absolute atomic E-state index is 13.8. The fraction of sp³-hybridized carbons (Fsp3) is 0.179. The van der Waals surface area contributed by atoms with Gasteiger partial charge in [-0.1, -0.05) is 123 Å². The third-order valence-corrected chi connectivity index (χ3v) is 18.3. The number of aromatic nitrogens is 6. The molecule has 14 rings (SSSR count). The molecule has 11 aromatic rings. The molecule has 0 aliphatic heterocycles. The van der Waals surface area contributed by atoms with Crippen LogP contribution in [-0.4, -0.2) is 29.9 Å². The molecule has 12 heteroatoms. The zero-order chi connectivity index (χ0) is 53.7. The highest BCUT2D eigenvalue weighted by Gasteiger charge is 2.56. The molecule has 384 valence electrons. The van der Waals surface area contributed by atoms with Gasteiger partial charge in [0, 0.05) is 69.6 Å². The Morgan fingerprint density at radius 2 is 1.09 bits per heavy atom. The molecular formula is C67H47ClF3N7S. The van der Waals surface area contributed by atoms with Crippen molar-refractivity contribution in [3.63, 3.8) is 0 Å². The van der Waals surface area contributed by atoms with E-state index in [9.17, 15) is 18.4 Å². The summed E-state index contributed by atoms with van der Waals surface area (Å²) < 4.78 is 43.5. The third kappa shape index (κ3) is 8.22. The molecular weight excluding hydrogens is 1030 g/mol. The van der Waals surface area contributed by atoms with Crippen LogP contribution in [0, 0.1) is 35.0 Å². The molecule has 3 aliphatic rings. The van der Waals surface area contributed by atoms with Gasteiger partial charge >= 0.3 is 6.18 Å². The smallest absolute Gasteiger partial charge is 0.208 e. The molecule has 2 fully saturated rings. The Hall–Kier alpha value is -8.43. The van der Waals surface area contributed by atoms with Gasteiger partial charge in [0.2, 0.25) is 0 Å². The van der Waals surface area contributed by atoms with Gasteiger partial charge in [0.05, 0.1) is 17.2 Å². The first-order valence-electron chi connectivity index (χ1n) is 26.7. The predicted octanol–water partition coefficient (Wildman–Crippen LogP) is 18.0. The summed E-state index contributed by atoms with van der Waals surface area (Å²) in [6.45, 7) is 4.94. The van der Waals surface area contributed by atoms with Crippen molar-refractivity contribution in [3.8, 4) is 96.7 Å². The van der Waals surface area contributed by atoms with Gasteiger partial charge in [0.25, 0.3) is 0 Å². The fourth-order valence-electron chi connectivity index (χ4n) is 13.6. The molecule has 3 heterocycles. The molecule has 0 amide bonds. The van der Waals surface area contributed by atoms with E-state index in [-0.39, 0.29) is 11.2 Å². The summed E-state index contributed by atoms with van der Waals surface area (Å²) in [7, 11) is 0. The summed E-state index contributed by atoms with van der Waals surface area (Å²) >= 11 is 8.13. The van der Waals surface area contributed by atoms with Crippen molar-refractivity contribution in [2.45, 2.75) is 51.1 Å². The van der Waals surface area contributed by atoms with Crippen LogP contribution in [0.4, 0.5) is 13.2 Å². The molecule has 0 radical (unpaired) electrons. The minimum atomic E-state index is -4.50. The zero-order valence-electron chi connectivity index (χ0n) is 42.9. The van der Waals surface area contributed by atoms with Gasteiger partial charge in [-0.05, 0) is 156 Å². The Balaban J connectivity index is 1.03. The summed E-state index contributed by atoms with van der Waals surface area (Å²) in [5.41, 5.74) is 11.3. The number of fused-ring (bicyclic) bond motifs is 11. The van der Waals surface area contributed by atoms with E-state index in [1.54, 1.807) is 23.5 Å². The molecule has 2 bridgehead atoms. The molecule has 0 N–H and O–H groups in total. The van der Waals surface area contributed by atoms with Gasteiger partial charge in [-0.25, -0.2) is 29.9 Å². The Bertz CT molecular complexity index is 4270. The number of nitriles is 1. The second kappa shape index (κ2) is 18.9. The second-order valence-corrected chi connectivity index (χ2v) is 23.1. The van der Waals surface area contributed by atoms with Crippen molar-refractivity contribution >= 4 is 43.1 Å². The van der Waals surface area contributed by atoms with Crippen molar-refractivity contribution in [1.82, 2.24) is 29.9 Å². The van der Waals surface area contributed by atoms with Crippen LogP contribution in [0.3, 0.4) is 0 Å². The van der Waals surface area contributed by atoms with E-state index >= 15 is 0 Å². The van der Waals surface area contributed by atoms with Crippen LogP contribution in [0.25, 0.3) is 111 Å². The highest BCUT2D eigenvalue weighted by Crippen LogP contribution is 2.65. The lowest BCUT2D eigenvalue weighted by Gasteiger charge is -2.54. The molecule has 79 heavy (non-hydrogen) atoms. The topological polar surface area (TPSA) is 101 Å². The van der Waals surface area contributed by atoms with Crippen LogP contribution in [0.5, 0.6) is 0 Å². The molecule has 3 aromatic heterocycles. The summed E-state index contributed by atoms with van der Waals surface area (Å²) in [5, 5.41) is 12.2. The van der Waals surface area contributed by atoms with Gasteiger partial charge in [-0.15, -0.1) is 11.3 Å². The Kier molecular flexibility index (Phi) is 11.7. The highest BCUT2D eigenvalue weighted by molar-refractivity contribution is 7.26. The quantitative estimate of drug-likeness (QED) is 0.157. The standard InChI is InChI=1S/C67H47ClF3N7S/c1-37-31-40-33-38(2)66(47(32-37)34-40)54-13-7-6-11-49(54)50-28-23-45(35-55(50)66)57-53(65-77-61(42-17-15-39(36-72)16-18-42)74-63(78-65)44-21-26-48(68)27-22-44)30-29-51-58-52(12-8-14-56(58)79-59(51)57)64-75-60(41-9-4-3-5-10-41)73-62(76-64)43-19-24-46(25-20-43)67(69,70)71/h3-30,35,37-38,40,47H,31-34H2,1-2H3. The van der Waals surface area contributed by atoms with E-state index in [1.807, 2.05) is 78.9 Å². The van der Waals surface area contributed by atoms with Crippen LogP contribution in [-0.2, 0) is 11.6 Å². The van der Waals surface area contributed by atoms with E-state index in [0.29, 0.717) is 68.9 Å². The number of nitrogens with zero attached hydrogens (tertiary/aromatic N) is 7. The number of alkyl halides is 3. The van der Waals surface area contributed by atoms with Crippen LogP contribution in [0.1, 0.15) is 61.8 Å². The molecule has 1 spiro atoms. The van der Waals surface area contributed by atoms with Crippen molar-refractivity contribution < 1.29 is 13.2 Å². The first-order chi connectivity index (χ1) is 38.4. The van der Waals surface area contributed by atoms with Gasteiger partial charge in [0.1, 0.15) is 0 Å².